The maximum Gasteiger partial charge on any atom is 0.156 e. The minimum Gasteiger partial charge on any atom is -0.325 e. The number of pyridine rings is 1. The first-order chi connectivity index (χ1) is 6.94. The number of halogens is 1. The summed E-state index contributed by atoms with van der Waals surface area (Å²) in [7, 11) is 0. The van der Waals surface area contributed by atoms with Gasteiger partial charge in [0.2, 0.25) is 0 Å². The Balaban J connectivity index is 2.39. The number of nitrogens with zero attached hydrogens (tertiary/aromatic N) is 3. The molecule has 0 aliphatic heterocycles. The van der Waals surface area contributed by atoms with Crippen LogP contribution >= 0.6 is 15.9 Å². The third-order valence-electron chi connectivity index (χ3n) is 1.96. The van der Waals surface area contributed by atoms with Crippen LogP contribution in [0.25, 0.3) is 5.65 Å². The van der Waals surface area contributed by atoms with Crippen LogP contribution in [0.3, 0.4) is 0 Å². The maximum absolute atomic E-state index is 5.92. The average Bonchev–Trinajstić information content (AvgIpc) is 2.42. The topological polar surface area (TPSA) is 56.2 Å². The van der Waals surface area contributed by atoms with Crippen molar-refractivity contribution in [3.05, 3.63) is 28.6 Å². The van der Waals surface area contributed by atoms with Gasteiger partial charge in [0.05, 0.1) is 0 Å². The van der Waals surface area contributed by atoms with Gasteiger partial charge in [0, 0.05) is 22.6 Å². The lowest BCUT2D eigenvalue weighted by molar-refractivity contribution is 0.502. The maximum atomic E-state index is 5.92. The molecule has 15 heavy (non-hydrogen) atoms. The number of hydrogen-bond donors (Lipinski definition) is 1. The molecule has 0 atom stereocenters. The second kappa shape index (κ2) is 3.57. The summed E-state index contributed by atoms with van der Waals surface area (Å²) in [6.07, 6.45) is 2.55. The van der Waals surface area contributed by atoms with Crippen molar-refractivity contribution in [1.29, 1.82) is 0 Å². The van der Waals surface area contributed by atoms with Crippen LogP contribution in [0.4, 0.5) is 0 Å². The molecule has 2 rings (SSSR count). The van der Waals surface area contributed by atoms with Crippen molar-refractivity contribution in [2.45, 2.75) is 25.8 Å². The van der Waals surface area contributed by atoms with E-state index in [1.54, 1.807) is 4.52 Å². The first-order valence-electron chi connectivity index (χ1n) is 4.74. The van der Waals surface area contributed by atoms with E-state index in [4.69, 9.17) is 5.73 Å². The second-order valence-corrected chi connectivity index (χ2v) is 5.26. The first-order valence-corrected chi connectivity index (χ1v) is 5.53. The van der Waals surface area contributed by atoms with Gasteiger partial charge in [-0.25, -0.2) is 9.50 Å². The van der Waals surface area contributed by atoms with Gasteiger partial charge in [-0.3, -0.25) is 0 Å². The molecule has 0 saturated heterocycles. The molecule has 0 spiro atoms. The predicted molar refractivity (Wildman–Crippen MR) is 62.7 cm³/mol. The lowest BCUT2D eigenvalue weighted by atomic mass is 10.0. The Bertz CT molecular complexity index is 484. The Morgan fingerprint density at radius 1 is 1.53 bits per heavy atom. The van der Waals surface area contributed by atoms with E-state index in [9.17, 15) is 0 Å². The van der Waals surface area contributed by atoms with E-state index < -0.39 is 0 Å². The Morgan fingerprint density at radius 2 is 2.27 bits per heavy atom. The van der Waals surface area contributed by atoms with Gasteiger partial charge in [-0.2, -0.15) is 5.10 Å². The van der Waals surface area contributed by atoms with Gasteiger partial charge >= 0.3 is 0 Å². The highest BCUT2D eigenvalue weighted by molar-refractivity contribution is 9.10. The molecule has 0 amide bonds. The van der Waals surface area contributed by atoms with E-state index in [1.165, 1.54) is 0 Å². The molecule has 0 aliphatic rings. The van der Waals surface area contributed by atoms with Crippen LogP contribution in [0.2, 0.25) is 0 Å². The van der Waals surface area contributed by atoms with Gasteiger partial charge in [-0.15, -0.1) is 0 Å². The lowest BCUT2D eigenvalue weighted by Crippen LogP contribution is -2.34. The van der Waals surface area contributed by atoms with Gasteiger partial charge < -0.3 is 5.73 Å². The van der Waals surface area contributed by atoms with Gasteiger partial charge in [0.15, 0.2) is 11.5 Å². The normalized spacial score (nSPS) is 12.3. The highest BCUT2D eigenvalue weighted by Crippen LogP contribution is 2.13. The van der Waals surface area contributed by atoms with E-state index in [0.717, 1.165) is 15.9 Å². The Labute approximate surface area is 96.6 Å². The zero-order valence-electron chi connectivity index (χ0n) is 8.74. The summed E-state index contributed by atoms with van der Waals surface area (Å²) >= 11 is 3.40. The molecule has 2 aromatic rings. The molecule has 0 aromatic carbocycles. The summed E-state index contributed by atoms with van der Waals surface area (Å²) in [5.74, 6) is 0.778. The van der Waals surface area contributed by atoms with Crippen molar-refractivity contribution in [1.82, 2.24) is 14.6 Å². The largest absolute Gasteiger partial charge is 0.325 e. The minimum atomic E-state index is -0.276. The molecule has 0 unspecified atom stereocenters. The predicted octanol–water partition coefficient (Wildman–Crippen LogP) is 1.77. The van der Waals surface area contributed by atoms with Crippen molar-refractivity contribution >= 4 is 21.6 Å². The van der Waals surface area contributed by atoms with Crippen LogP contribution in [0.5, 0.6) is 0 Å². The number of rotatable bonds is 2. The van der Waals surface area contributed by atoms with E-state index in [2.05, 4.69) is 26.0 Å². The number of nitrogens with two attached hydrogens (primary N) is 1. The summed E-state index contributed by atoms with van der Waals surface area (Å²) in [5.41, 5.74) is 6.48. The average molecular weight is 269 g/mol. The third kappa shape index (κ3) is 2.54. The third-order valence-corrected chi connectivity index (χ3v) is 2.45. The summed E-state index contributed by atoms with van der Waals surface area (Å²) in [6, 6.07) is 3.86. The smallest absolute Gasteiger partial charge is 0.156 e. The Morgan fingerprint density at radius 3 is 2.93 bits per heavy atom. The highest BCUT2D eigenvalue weighted by atomic mass is 79.9. The van der Waals surface area contributed by atoms with Crippen molar-refractivity contribution < 1.29 is 0 Å². The van der Waals surface area contributed by atoms with Gasteiger partial charge in [-0.05, 0) is 26.0 Å². The Hall–Kier alpha value is -0.940. The van der Waals surface area contributed by atoms with Crippen molar-refractivity contribution in [2.24, 2.45) is 5.73 Å². The lowest BCUT2D eigenvalue weighted by Gasteiger charge is -2.14. The molecule has 0 fully saturated rings. The monoisotopic (exact) mass is 268 g/mol. The molecule has 2 heterocycles. The van der Waals surface area contributed by atoms with E-state index >= 15 is 0 Å². The minimum absolute atomic E-state index is 0.276. The fourth-order valence-corrected chi connectivity index (χ4v) is 1.71. The molecule has 0 bridgehead atoms. The van der Waals surface area contributed by atoms with Gasteiger partial charge in [0.1, 0.15) is 0 Å². The van der Waals surface area contributed by atoms with Crippen molar-refractivity contribution in [2.75, 3.05) is 0 Å². The highest BCUT2D eigenvalue weighted by Gasteiger charge is 2.15. The SMILES string of the molecule is CC(C)(N)Cc1nc2cc(Br)ccn2n1. The van der Waals surface area contributed by atoms with Gasteiger partial charge in [0.25, 0.3) is 0 Å². The summed E-state index contributed by atoms with van der Waals surface area (Å²) in [4.78, 5) is 4.40. The van der Waals surface area contributed by atoms with Crippen LogP contribution < -0.4 is 5.73 Å². The Kier molecular flexibility index (Phi) is 2.52. The van der Waals surface area contributed by atoms with Crippen LogP contribution in [0.1, 0.15) is 19.7 Å². The van der Waals surface area contributed by atoms with E-state index in [0.29, 0.717) is 6.42 Å². The molecule has 0 radical (unpaired) electrons. The zero-order valence-corrected chi connectivity index (χ0v) is 10.3. The molecule has 0 saturated carbocycles. The number of fused-ring (bicyclic) bond motifs is 1. The first kappa shape index (κ1) is 10.6. The summed E-state index contributed by atoms with van der Waals surface area (Å²) in [6.45, 7) is 3.93. The molecule has 80 valence electrons. The van der Waals surface area contributed by atoms with Crippen molar-refractivity contribution in [3.63, 3.8) is 0 Å². The zero-order chi connectivity index (χ0) is 11.1. The standard InChI is InChI=1S/C10H13BrN4/c1-10(2,12)6-8-13-9-5-7(11)3-4-15(9)14-8/h3-5H,6,12H2,1-2H3. The molecule has 5 heteroatoms. The molecule has 2 aromatic heterocycles. The molecular formula is C10H13BrN4. The summed E-state index contributed by atoms with van der Waals surface area (Å²) in [5, 5.41) is 4.34. The van der Waals surface area contributed by atoms with E-state index in [-0.39, 0.29) is 5.54 Å². The van der Waals surface area contributed by atoms with Crippen LogP contribution in [0, 0.1) is 0 Å². The second-order valence-electron chi connectivity index (χ2n) is 4.34. The van der Waals surface area contributed by atoms with Gasteiger partial charge in [-0.1, -0.05) is 15.9 Å². The van der Waals surface area contributed by atoms with Crippen LogP contribution in [-0.2, 0) is 6.42 Å². The fraction of sp³-hybridized carbons (Fsp3) is 0.400. The quantitative estimate of drug-likeness (QED) is 0.904. The van der Waals surface area contributed by atoms with Crippen molar-refractivity contribution in [3.8, 4) is 0 Å². The molecule has 4 nitrogen and oxygen atoms in total. The molecule has 2 N–H and O–H groups in total. The van der Waals surface area contributed by atoms with Crippen LogP contribution in [-0.4, -0.2) is 20.1 Å². The van der Waals surface area contributed by atoms with Crippen LogP contribution in [0.15, 0.2) is 22.8 Å². The summed E-state index contributed by atoms with van der Waals surface area (Å²) < 4.78 is 2.76. The number of hydrogen-bond acceptors (Lipinski definition) is 3. The molecular weight excluding hydrogens is 256 g/mol. The fourth-order valence-electron chi connectivity index (χ4n) is 1.39. The molecule has 0 aliphatic carbocycles. The van der Waals surface area contributed by atoms with E-state index in [1.807, 2.05) is 32.2 Å². The number of aromatic nitrogens is 3.